The van der Waals surface area contributed by atoms with Gasteiger partial charge in [0.2, 0.25) is 0 Å². The molecule has 0 N–H and O–H groups in total. The van der Waals surface area contributed by atoms with E-state index >= 15 is 0 Å². The monoisotopic (exact) mass is 404 g/mol. The second kappa shape index (κ2) is 6.71. The second-order valence-electron chi connectivity index (χ2n) is 4.56. The predicted molar refractivity (Wildman–Crippen MR) is 89.3 cm³/mol. The number of halogens is 1. The van der Waals surface area contributed by atoms with Crippen LogP contribution in [0.2, 0.25) is 0 Å². The van der Waals surface area contributed by atoms with Crippen molar-refractivity contribution in [3.63, 3.8) is 0 Å². The fourth-order valence-corrected chi connectivity index (χ4v) is 3.47. The highest BCUT2D eigenvalue weighted by molar-refractivity contribution is 14.1. The number of benzene rings is 1. The van der Waals surface area contributed by atoms with Crippen LogP contribution in [0.5, 0.6) is 0 Å². The molecular weight excluding hydrogens is 387 g/mol. The van der Waals surface area contributed by atoms with E-state index in [1.807, 2.05) is 29.2 Å². The first-order valence-electron chi connectivity index (χ1n) is 6.49. The van der Waals surface area contributed by atoms with E-state index in [0.717, 1.165) is 11.1 Å². The summed E-state index contributed by atoms with van der Waals surface area (Å²) in [6.07, 6.45) is 4.39. The highest BCUT2D eigenvalue weighted by atomic mass is 127. The summed E-state index contributed by atoms with van der Waals surface area (Å²) in [6, 6.07) is 8.12. The lowest BCUT2D eigenvalue weighted by Crippen LogP contribution is -2.11. The Labute approximate surface area is 133 Å². The molecule has 0 aliphatic heterocycles. The van der Waals surface area contributed by atoms with Crippen molar-refractivity contribution in [3.05, 3.63) is 40.2 Å². The van der Waals surface area contributed by atoms with Crippen molar-refractivity contribution >= 4 is 32.4 Å². The van der Waals surface area contributed by atoms with Crippen LogP contribution in [-0.4, -0.2) is 29.7 Å². The van der Waals surface area contributed by atoms with Gasteiger partial charge in [0.1, 0.15) is 9.84 Å². The van der Waals surface area contributed by atoms with Crippen molar-refractivity contribution in [2.45, 2.75) is 19.9 Å². The van der Waals surface area contributed by atoms with Gasteiger partial charge in [0.15, 0.2) is 0 Å². The van der Waals surface area contributed by atoms with Crippen molar-refractivity contribution in [2.24, 2.45) is 0 Å². The summed E-state index contributed by atoms with van der Waals surface area (Å²) in [5, 5.41) is 4.30. The van der Waals surface area contributed by atoms with Crippen LogP contribution in [-0.2, 0) is 16.4 Å². The van der Waals surface area contributed by atoms with E-state index < -0.39 is 9.84 Å². The molecule has 1 heterocycles. The van der Waals surface area contributed by atoms with Crippen LogP contribution in [0.3, 0.4) is 0 Å². The molecule has 0 radical (unpaired) electrons. The summed E-state index contributed by atoms with van der Waals surface area (Å²) in [7, 11) is -2.88. The van der Waals surface area contributed by atoms with Crippen LogP contribution in [0.4, 0.5) is 0 Å². The molecule has 0 saturated heterocycles. The predicted octanol–water partition coefficient (Wildman–Crippen LogP) is 2.98. The van der Waals surface area contributed by atoms with Crippen molar-refractivity contribution in [1.29, 1.82) is 0 Å². The minimum Gasteiger partial charge on any atom is -0.272 e. The molecule has 0 saturated carbocycles. The molecule has 1 aromatic carbocycles. The summed E-state index contributed by atoms with van der Waals surface area (Å²) in [4.78, 5) is 0. The highest BCUT2D eigenvalue weighted by Crippen LogP contribution is 2.24. The number of aryl methyl sites for hydroxylation is 1. The second-order valence-corrected chi connectivity index (χ2v) is 8.20. The molecule has 2 aromatic rings. The van der Waals surface area contributed by atoms with E-state index in [-0.39, 0.29) is 11.5 Å². The van der Waals surface area contributed by atoms with E-state index in [0.29, 0.717) is 13.0 Å². The van der Waals surface area contributed by atoms with Crippen molar-refractivity contribution in [3.8, 4) is 11.1 Å². The third kappa shape index (κ3) is 4.05. The van der Waals surface area contributed by atoms with Gasteiger partial charge in [-0.2, -0.15) is 5.10 Å². The molecule has 0 atom stereocenters. The van der Waals surface area contributed by atoms with Crippen LogP contribution < -0.4 is 0 Å². The number of nitrogens with zero attached hydrogens (tertiary/aromatic N) is 2. The number of aromatic nitrogens is 2. The quantitative estimate of drug-likeness (QED) is 0.696. The number of hydrogen-bond donors (Lipinski definition) is 0. The summed E-state index contributed by atoms with van der Waals surface area (Å²) >= 11 is 2.30. The average molecular weight is 404 g/mol. The third-order valence-electron chi connectivity index (χ3n) is 3.10. The Kier molecular flexibility index (Phi) is 5.20. The third-order valence-corrected chi connectivity index (χ3v) is 5.83. The molecule has 1 aromatic heterocycles. The smallest absolute Gasteiger partial charge is 0.150 e. The number of hydrogen-bond acceptors (Lipinski definition) is 3. The van der Waals surface area contributed by atoms with Gasteiger partial charge in [0, 0.05) is 27.6 Å². The van der Waals surface area contributed by atoms with E-state index in [4.69, 9.17) is 0 Å². The molecule has 108 valence electrons. The fourth-order valence-electron chi connectivity index (χ4n) is 1.91. The van der Waals surface area contributed by atoms with Gasteiger partial charge in [0.25, 0.3) is 0 Å². The van der Waals surface area contributed by atoms with Gasteiger partial charge < -0.3 is 0 Å². The number of sulfone groups is 1. The van der Waals surface area contributed by atoms with Crippen LogP contribution in [0.15, 0.2) is 36.7 Å². The lowest BCUT2D eigenvalue weighted by molar-refractivity contribution is 0.573. The molecule has 0 aliphatic rings. The Balaban J connectivity index is 2.02. The largest absolute Gasteiger partial charge is 0.272 e. The van der Waals surface area contributed by atoms with Gasteiger partial charge in [-0.15, -0.1) is 0 Å². The molecule has 0 spiro atoms. The lowest BCUT2D eigenvalue weighted by atomic mass is 10.1. The van der Waals surface area contributed by atoms with Crippen molar-refractivity contribution in [2.75, 3.05) is 11.5 Å². The van der Waals surface area contributed by atoms with Gasteiger partial charge in [-0.05, 0) is 40.6 Å². The molecule has 6 heteroatoms. The molecule has 20 heavy (non-hydrogen) atoms. The Morgan fingerprint density at radius 1 is 1.30 bits per heavy atom. The van der Waals surface area contributed by atoms with Crippen LogP contribution in [0.25, 0.3) is 11.1 Å². The average Bonchev–Trinajstić information content (AvgIpc) is 2.88. The van der Waals surface area contributed by atoms with E-state index in [9.17, 15) is 8.42 Å². The zero-order chi connectivity index (χ0) is 14.6. The zero-order valence-corrected chi connectivity index (χ0v) is 14.3. The van der Waals surface area contributed by atoms with E-state index in [2.05, 4.69) is 39.8 Å². The van der Waals surface area contributed by atoms with Crippen LogP contribution in [0, 0.1) is 3.57 Å². The first kappa shape index (κ1) is 15.5. The number of rotatable bonds is 6. The van der Waals surface area contributed by atoms with Gasteiger partial charge in [-0.1, -0.05) is 25.1 Å². The maximum atomic E-state index is 11.4. The van der Waals surface area contributed by atoms with Gasteiger partial charge in [-0.3, -0.25) is 4.68 Å². The molecule has 4 nitrogen and oxygen atoms in total. The van der Waals surface area contributed by atoms with E-state index in [1.54, 1.807) is 6.92 Å². The molecule has 0 amide bonds. The Morgan fingerprint density at radius 2 is 2.05 bits per heavy atom. The summed E-state index contributed by atoms with van der Waals surface area (Å²) in [5.41, 5.74) is 2.22. The highest BCUT2D eigenvalue weighted by Gasteiger charge is 2.08. The molecule has 0 aliphatic carbocycles. The minimum absolute atomic E-state index is 0.208. The molecule has 0 fully saturated rings. The Hall–Kier alpha value is -0.890. The molecule has 2 rings (SSSR count). The standard InChI is InChI=1S/C14H17IN2O2S/c1-2-20(18,19)9-5-8-17-11-12(10-16-17)13-6-3-4-7-14(13)15/h3-4,6-7,10-11H,2,5,8-9H2,1H3. The normalized spacial score (nSPS) is 11.7. The first-order chi connectivity index (χ1) is 9.52. The van der Waals surface area contributed by atoms with E-state index in [1.165, 1.54) is 3.57 Å². The summed E-state index contributed by atoms with van der Waals surface area (Å²) in [5.74, 6) is 0.432. The Morgan fingerprint density at radius 3 is 2.75 bits per heavy atom. The zero-order valence-electron chi connectivity index (χ0n) is 11.3. The van der Waals surface area contributed by atoms with Gasteiger partial charge in [-0.25, -0.2) is 8.42 Å². The topological polar surface area (TPSA) is 52.0 Å². The molecule has 0 unspecified atom stereocenters. The first-order valence-corrected chi connectivity index (χ1v) is 9.39. The lowest BCUT2D eigenvalue weighted by Gasteiger charge is -2.02. The van der Waals surface area contributed by atoms with Crippen LogP contribution in [0.1, 0.15) is 13.3 Å². The molecular formula is C14H17IN2O2S. The SMILES string of the molecule is CCS(=O)(=O)CCCn1cc(-c2ccccc2I)cn1. The summed E-state index contributed by atoms with van der Waals surface area (Å²) < 4.78 is 25.8. The van der Waals surface area contributed by atoms with Gasteiger partial charge in [0.05, 0.1) is 11.9 Å². The Bertz CT molecular complexity index is 680. The maximum Gasteiger partial charge on any atom is 0.150 e. The van der Waals surface area contributed by atoms with Crippen molar-refractivity contribution in [1.82, 2.24) is 9.78 Å². The summed E-state index contributed by atoms with van der Waals surface area (Å²) in [6.45, 7) is 2.31. The molecule has 0 bridgehead atoms. The minimum atomic E-state index is -2.88. The van der Waals surface area contributed by atoms with Gasteiger partial charge >= 0.3 is 0 Å². The van der Waals surface area contributed by atoms with Crippen molar-refractivity contribution < 1.29 is 8.42 Å². The van der Waals surface area contributed by atoms with Crippen LogP contribution >= 0.6 is 22.6 Å². The maximum absolute atomic E-state index is 11.4. The fraction of sp³-hybridized carbons (Fsp3) is 0.357.